The molecule has 22 heavy (non-hydrogen) atoms. The molecule has 2 rings (SSSR count). The number of aryl methyl sites for hydroxylation is 1. The third-order valence-electron chi connectivity index (χ3n) is 3.80. The van der Waals surface area contributed by atoms with E-state index in [0.29, 0.717) is 16.7 Å². The second kappa shape index (κ2) is 7.88. The van der Waals surface area contributed by atoms with E-state index in [4.69, 9.17) is 4.74 Å². The summed E-state index contributed by atoms with van der Waals surface area (Å²) in [7, 11) is -3.40. The highest BCUT2D eigenvalue weighted by Crippen LogP contribution is 2.21. The Kier molecular flexibility index (Phi) is 6.40. The van der Waals surface area contributed by atoms with Gasteiger partial charge in [-0.1, -0.05) is 13.8 Å². The fourth-order valence-corrected chi connectivity index (χ4v) is 5.08. The van der Waals surface area contributed by atoms with Crippen LogP contribution in [0.3, 0.4) is 0 Å². The van der Waals surface area contributed by atoms with Crippen molar-refractivity contribution in [2.45, 2.75) is 37.4 Å². The summed E-state index contributed by atoms with van der Waals surface area (Å²) in [6.07, 6.45) is 0.978. The third-order valence-corrected chi connectivity index (χ3v) is 6.71. The summed E-state index contributed by atoms with van der Waals surface area (Å²) in [5.74, 6) is 0.529. The zero-order valence-electron chi connectivity index (χ0n) is 13.5. The molecular formula is C15H26N2O3S2. The van der Waals surface area contributed by atoms with Crippen LogP contribution in [0.5, 0.6) is 0 Å². The van der Waals surface area contributed by atoms with Crippen molar-refractivity contribution in [3.05, 3.63) is 17.0 Å². The lowest BCUT2D eigenvalue weighted by molar-refractivity contribution is 0.0134. The molecule has 2 heterocycles. The molecule has 0 radical (unpaired) electrons. The second-order valence-electron chi connectivity index (χ2n) is 6.15. The van der Waals surface area contributed by atoms with E-state index in [9.17, 15) is 8.42 Å². The molecule has 1 N–H and O–H groups in total. The molecule has 0 amide bonds. The maximum Gasteiger partial charge on any atom is 0.250 e. The largest absolute Gasteiger partial charge is 0.379 e. The number of hydrogen-bond donors (Lipinski definition) is 1. The van der Waals surface area contributed by atoms with Crippen molar-refractivity contribution >= 4 is 21.4 Å². The standard InChI is InChI=1S/C15H26N2O3S2/c1-12(2)10-14(17-6-8-20-9-7-17)11-16-22(18,19)15-5-4-13(3)21-15/h4-5,12,14,16H,6-11H2,1-3H3. The van der Waals surface area contributed by atoms with E-state index in [0.717, 1.165) is 37.6 Å². The van der Waals surface area contributed by atoms with Crippen molar-refractivity contribution in [2.75, 3.05) is 32.8 Å². The van der Waals surface area contributed by atoms with Crippen LogP contribution in [0, 0.1) is 12.8 Å². The van der Waals surface area contributed by atoms with Crippen molar-refractivity contribution in [1.29, 1.82) is 0 Å². The number of morpholine rings is 1. The Balaban J connectivity index is 2.00. The maximum absolute atomic E-state index is 12.4. The van der Waals surface area contributed by atoms with E-state index < -0.39 is 10.0 Å². The Morgan fingerprint density at radius 2 is 2.00 bits per heavy atom. The van der Waals surface area contributed by atoms with Gasteiger partial charge in [-0.15, -0.1) is 11.3 Å². The summed E-state index contributed by atoms with van der Waals surface area (Å²) in [5, 5.41) is 0. The van der Waals surface area contributed by atoms with Crippen molar-refractivity contribution in [1.82, 2.24) is 9.62 Å². The molecule has 1 saturated heterocycles. The van der Waals surface area contributed by atoms with Crippen molar-refractivity contribution < 1.29 is 13.2 Å². The van der Waals surface area contributed by atoms with Gasteiger partial charge in [0.05, 0.1) is 13.2 Å². The number of nitrogens with one attached hydrogen (secondary N) is 1. The highest BCUT2D eigenvalue weighted by molar-refractivity contribution is 7.91. The summed E-state index contributed by atoms with van der Waals surface area (Å²) >= 11 is 1.31. The summed E-state index contributed by atoms with van der Waals surface area (Å²) in [6.45, 7) is 9.91. The first kappa shape index (κ1) is 17.9. The van der Waals surface area contributed by atoms with Gasteiger partial charge in [-0.3, -0.25) is 4.90 Å². The van der Waals surface area contributed by atoms with E-state index in [1.54, 1.807) is 6.07 Å². The molecular weight excluding hydrogens is 320 g/mol. The van der Waals surface area contributed by atoms with Gasteiger partial charge in [-0.25, -0.2) is 13.1 Å². The summed E-state index contributed by atoms with van der Waals surface area (Å²) in [5.41, 5.74) is 0. The Labute approximate surface area is 137 Å². The predicted molar refractivity (Wildman–Crippen MR) is 89.9 cm³/mol. The van der Waals surface area contributed by atoms with Gasteiger partial charge in [-0.2, -0.15) is 0 Å². The minimum Gasteiger partial charge on any atom is -0.379 e. The molecule has 1 atom stereocenters. The van der Waals surface area contributed by atoms with Crippen molar-refractivity contribution in [3.8, 4) is 0 Å². The lowest BCUT2D eigenvalue weighted by Gasteiger charge is -2.35. The highest BCUT2D eigenvalue weighted by atomic mass is 32.2. The maximum atomic E-state index is 12.4. The van der Waals surface area contributed by atoms with Crippen molar-refractivity contribution in [3.63, 3.8) is 0 Å². The topological polar surface area (TPSA) is 58.6 Å². The quantitative estimate of drug-likeness (QED) is 0.821. The van der Waals surface area contributed by atoms with E-state index in [2.05, 4.69) is 23.5 Å². The molecule has 7 heteroatoms. The number of rotatable bonds is 7. The first-order chi connectivity index (χ1) is 10.4. The summed E-state index contributed by atoms with van der Waals surface area (Å²) in [4.78, 5) is 3.35. The molecule has 5 nitrogen and oxygen atoms in total. The lowest BCUT2D eigenvalue weighted by atomic mass is 10.0. The van der Waals surface area contributed by atoms with Gasteiger partial charge in [0.15, 0.2) is 0 Å². The molecule has 1 aromatic rings. The van der Waals surface area contributed by atoms with E-state index in [1.807, 2.05) is 13.0 Å². The summed E-state index contributed by atoms with van der Waals surface area (Å²) < 4.78 is 33.3. The Hall–Kier alpha value is -0.470. The fraction of sp³-hybridized carbons (Fsp3) is 0.733. The molecule has 0 aromatic carbocycles. The van der Waals surface area contributed by atoms with Gasteiger partial charge in [0.25, 0.3) is 0 Å². The van der Waals surface area contributed by atoms with Crippen LogP contribution in [0.2, 0.25) is 0 Å². The van der Waals surface area contributed by atoms with Crippen LogP contribution in [-0.4, -0.2) is 52.2 Å². The van der Waals surface area contributed by atoms with E-state index in [1.165, 1.54) is 11.3 Å². The summed E-state index contributed by atoms with van der Waals surface area (Å²) in [6, 6.07) is 3.74. The minimum atomic E-state index is -3.40. The minimum absolute atomic E-state index is 0.222. The van der Waals surface area contributed by atoms with Gasteiger partial charge in [0.2, 0.25) is 10.0 Å². The van der Waals surface area contributed by atoms with Gasteiger partial charge in [-0.05, 0) is 31.4 Å². The van der Waals surface area contributed by atoms with Crippen LogP contribution in [0.25, 0.3) is 0 Å². The number of ether oxygens (including phenoxy) is 1. The third kappa shape index (κ3) is 5.03. The Morgan fingerprint density at radius 1 is 1.32 bits per heavy atom. The zero-order chi connectivity index (χ0) is 16.2. The van der Waals surface area contributed by atoms with Gasteiger partial charge in [0.1, 0.15) is 4.21 Å². The smallest absolute Gasteiger partial charge is 0.250 e. The molecule has 1 aromatic heterocycles. The number of hydrogen-bond acceptors (Lipinski definition) is 5. The Bertz CT molecular complexity index is 563. The molecule has 126 valence electrons. The molecule has 0 aliphatic carbocycles. The average molecular weight is 347 g/mol. The molecule has 1 aliphatic heterocycles. The van der Waals surface area contributed by atoms with Gasteiger partial charge in [0, 0.05) is 30.6 Å². The molecule has 1 unspecified atom stereocenters. The lowest BCUT2D eigenvalue weighted by Crippen LogP contribution is -2.49. The predicted octanol–water partition coefficient (Wildman–Crippen LogP) is 2.08. The molecule has 1 aliphatic rings. The number of nitrogens with zero attached hydrogens (tertiary/aromatic N) is 1. The highest BCUT2D eigenvalue weighted by Gasteiger charge is 2.24. The first-order valence-corrected chi connectivity index (χ1v) is 10.1. The SMILES string of the molecule is Cc1ccc(S(=O)(=O)NCC(CC(C)C)N2CCOCC2)s1. The fourth-order valence-electron chi connectivity index (χ4n) is 2.68. The first-order valence-electron chi connectivity index (χ1n) is 7.76. The van der Waals surface area contributed by atoms with Crippen LogP contribution < -0.4 is 4.72 Å². The van der Waals surface area contributed by atoms with Gasteiger partial charge >= 0.3 is 0 Å². The molecule has 0 spiro atoms. The van der Waals surface area contributed by atoms with Crippen molar-refractivity contribution in [2.24, 2.45) is 5.92 Å². The number of thiophene rings is 1. The molecule has 0 bridgehead atoms. The average Bonchev–Trinajstić information content (AvgIpc) is 2.91. The second-order valence-corrected chi connectivity index (χ2v) is 9.43. The van der Waals surface area contributed by atoms with Crippen LogP contribution in [0.1, 0.15) is 25.1 Å². The molecule has 1 fully saturated rings. The Morgan fingerprint density at radius 3 is 2.55 bits per heavy atom. The zero-order valence-corrected chi connectivity index (χ0v) is 15.2. The van der Waals surface area contributed by atoms with E-state index >= 15 is 0 Å². The van der Waals surface area contributed by atoms with Gasteiger partial charge < -0.3 is 4.74 Å². The van der Waals surface area contributed by atoms with E-state index in [-0.39, 0.29) is 6.04 Å². The van der Waals surface area contributed by atoms with Crippen LogP contribution >= 0.6 is 11.3 Å². The van der Waals surface area contributed by atoms with Crippen LogP contribution in [0.15, 0.2) is 16.3 Å². The number of sulfonamides is 1. The molecule has 0 saturated carbocycles. The van der Waals surface area contributed by atoms with Crippen LogP contribution in [-0.2, 0) is 14.8 Å². The normalized spacial score (nSPS) is 18.7. The monoisotopic (exact) mass is 346 g/mol. The van der Waals surface area contributed by atoms with Crippen LogP contribution in [0.4, 0.5) is 0 Å².